The first-order valence-corrected chi connectivity index (χ1v) is 10.5. The van der Waals surface area contributed by atoms with Crippen molar-refractivity contribution >= 4 is 35.3 Å². The number of carbonyl (C=O) groups is 2. The first kappa shape index (κ1) is 19.7. The number of hydrogen-bond acceptors (Lipinski definition) is 5. The minimum absolute atomic E-state index is 0.0869. The molecule has 2 aromatic rings. The van der Waals surface area contributed by atoms with Crippen LogP contribution in [0.25, 0.3) is 6.08 Å². The Balaban J connectivity index is 1.34. The van der Waals surface area contributed by atoms with Crippen LogP contribution in [-0.4, -0.2) is 56.1 Å². The molecule has 0 radical (unpaired) electrons. The molecule has 0 aliphatic carbocycles. The summed E-state index contributed by atoms with van der Waals surface area (Å²) < 4.78 is 5.33. The number of rotatable bonds is 5. The number of nitrogens with one attached hydrogen (secondary N) is 2. The van der Waals surface area contributed by atoms with Gasteiger partial charge in [0.25, 0.3) is 11.8 Å². The number of amides is 2. The smallest absolute Gasteiger partial charge is 0.262 e. The van der Waals surface area contributed by atoms with Crippen molar-refractivity contribution in [2.45, 2.75) is 4.90 Å². The summed E-state index contributed by atoms with van der Waals surface area (Å²) in [4.78, 5) is 28.6. The van der Waals surface area contributed by atoms with Crippen LogP contribution in [0.2, 0.25) is 0 Å². The number of para-hydroxylation sites is 1. The van der Waals surface area contributed by atoms with Gasteiger partial charge >= 0.3 is 0 Å². The molecule has 2 heterocycles. The fourth-order valence-electron chi connectivity index (χ4n) is 3.24. The molecule has 0 spiro atoms. The Morgan fingerprint density at radius 1 is 1.14 bits per heavy atom. The summed E-state index contributed by atoms with van der Waals surface area (Å²) in [6.07, 6.45) is 1.84. The van der Waals surface area contributed by atoms with E-state index in [0.717, 1.165) is 49.0 Å². The molecule has 0 unspecified atom stereocenters. The molecule has 29 heavy (non-hydrogen) atoms. The number of anilines is 1. The number of fused-ring (bicyclic) bond motifs is 1. The molecule has 0 saturated carbocycles. The number of hydrogen-bond donors (Lipinski definition) is 2. The average molecular weight is 410 g/mol. The number of nitrogens with zero attached hydrogens (tertiary/aromatic N) is 1. The fourth-order valence-corrected chi connectivity index (χ4v) is 4.19. The van der Waals surface area contributed by atoms with E-state index in [0.29, 0.717) is 17.0 Å². The average Bonchev–Trinajstić information content (AvgIpc) is 2.75. The number of thioether (sulfide) groups is 1. The van der Waals surface area contributed by atoms with Gasteiger partial charge in [-0.15, -0.1) is 0 Å². The third kappa shape index (κ3) is 5.06. The summed E-state index contributed by atoms with van der Waals surface area (Å²) >= 11 is 1.45. The van der Waals surface area contributed by atoms with Gasteiger partial charge in [-0.3, -0.25) is 14.5 Å². The highest BCUT2D eigenvalue weighted by Gasteiger charge is 2.20. The number of benzene rings is 2. The van der Waals surface area contributed by atoms with Crippen LogP contribution in [0, 0.1) is 0 Å². The van der Waals surface area contributed by atoms with Crippen LogP contribution in [0.1, 0.15) is 15.9 Å². The SMILES string of the molecule is O=C1Nc2ccccc2S/C1=C/c1ccc(C(=O)NCCN2CCOCC2)cc1. The van der Waals surface area contributed by atoms with Crippen molar-refractivity contribution in [2.24, 2.45) is 0 Å². The molecule has 6 nitrogen and oxygen atoms in total. The van der Waals surface area contributed by atoms with E-state index in [1.54, 1.807) is 12.1 Å². The molecule has 0 bridgehead atoms. The molecule has 0 atom stereocenters. The van der Waals surface area contributed by atoms with Gasteiger partial charge < -0.3 is 15.4 Å². The van der Waals surface area contributed by atoms with Crippen LogP contribution >= 0.6 is 11.8 Å². The van der Waals surface area contributed by atoms with E-state index < -0.39 is 0 Å². The van der Waals surface area contributed by atoms with Gasteiger partial charge in [-0.05, 0) is 35.9 Å². The lowest BCUT2D eigenvalue weighted by Crippen LogP contribution is -2.41. The Kier molecular flexibility index (Phi) is 6.29. The van der Waals surface area contributed by atoms with Crippen molar-refractivity contribution in [2.75, 3.05) is 44.7 Å². The fraction of sp³-hybridized carbons (Fsp3) is 0.273. The molecule has 2 amide bonds. The predicted octanol–water partition coefficient (Wildman–Crippen LogP) is 2.83. The summed E-state index contributed by atoms with van der Waals surface area (Å²) in [6, 6.07) is 15.0. The lowest BCUT2D eigenvalue weighted by atomic mass is 10.1. The quantitative estimate of drug-likeness (QED) is 0.743. The largest absolute Gasteiger partial charge is 0.379 e. The Hall–Kier alpha value is -2.61. The summed E-state index contributed by atoms with van der Waals surface area (Å²) in [7, 11) is 0. The minimum Gasteiger partial charge on any atom is -0.379 e. The lowest BCUT2D eigenvalue weighted by Gasteiger charge is -2.26. The maximum absolute atomic E-state index is 12.3. The van der Waals surface area contributed by atoms with Gasteiger partial charge in [-0.2, -0.15) is 0 Å². The molecule has 2 aliphatic rings. The lowest BCUT2D eigenvalue weighted by molar-refractivity contribution is -0.112. The standard InChI is InChI=1S/C22H23N3O3S/c26-21(23-9-10-25-11-13-28-14-12-25)17-7-5-16(6-8-17)15-20-22(27)24-18-3-1-2-4-19(18)29-20/h1-8,15H,9-14H2,(H,23,26)(H,24,27)/b20-15+. The third-order valence-electron chi connectivity index (χ3n) is 4.87. The summed E-state index contributed by atoms with van der Waals surface area (Å²) in [5.41, 5.74) is 2.33. The Bertz CT molecular complexity index is 921. The zero-order valence-corrected chi connectivity index (χ0v) is 16.8. The second kappa shape index (κ2) is 9.26. The first-order chi connectivity index (χ1) is 14.2. The Morgan fingerprint density at radius 3 is 2.69 bits per heavy atom. The van der Waals surface area contributed by atoms with E-state index in [4.69, 9.17) is 4.74 Å². The van der Waals surface area contributed by atoms with Crippen LogP contribution in [-0.2, 0) is 9.53 Å². The van der Waals surface area contributed by atoms with Crippen LogP contribution in [0.3, 0.4) is 0 Å². The van der Waals surface area contributed by atoms with Gasteiger partial charge in [-0.25, -0.2) is 0 Å². The van der Waals surface area contributed by atoms with Crippen molar-refractivity contribution in [3.8, 4) is 0 Å². The van der Waals surface area contributed by atoms with E-state index in [1.807, 2.05) is 42.5 Å². The number of morpholine rings is 1. The Labute approximate surface area is 174 Å². The molecular formula is C22H23N3O3S. The summed E-state index contributed by atoms with van der Waals surface area (Å²) in [6.45, 7) is 4.78. The highest BCUT2D eigenvalue weighted by molar-refractivity contribution is 8.04. The van der Waals surface area contributed by atoms with Gasteiger partial charge in [-0.1, -0.05) is 36.0 Å². The maximum atomic E-state index is 12.3. The normalized spacial score (nSPS) is 18.2. The van der Waals surface area contributed by atoms with E-state index in [-0.39, 0.29) is 11.8 Å². The molecule has 1 fully saturated rings. The van der Waals surface area contributed by atoms with Gasteiger partial charge in [0.2, 0.25) is 0 Å². The summed E-state index contributed by atoms with van der Waals surface area (Å²) in [5, 5.41) is 5.87. The van der Waals surface area contributed by atoms with Crippen LogP contribution in [0.15, 0.2) is 58.3 Å². The van der Waals surface area contributed by atoms with E-state index in [1.165, 1.54) is 11.8 Å². The molecule has 0 aromatic heterocycles. The zero-order valence-electron chi connectivity index (χ0n) is 16.0. The number of ether oxygens (including phenoxy) is 1. The molecule has 4 rings (SSSR count). The minimum atomic E-state index is -0.112. The molecular weight excluding hydrogens is 386 g/mol. The van der Waals surface area contributed by atoms with Crippen LogP contribution in [0.4, 0.5) is 5.69 Å². The van der Waals surface area contributed by atoms with Crippen molar-refractivity contribution < 1.29 is 14.3 Å². The molecule has 2 N–H and O–H groups in total. The predicted molar refractivity (Wildman–Crippen MR) is 115 cm³/mol. The van der Waals surface area contributed by atoms with E-state index >= 15 is 0 Å². The van der Waals surface area contributed by atoms with E-state index in [2.05, 4.69) is 15.5 Å². The van der Waals surface area contributed by atoms with Crippen LogP contribution < -0.4 is 10.6 Å². The van der Waals surface area contributed by atoms with Gasteiger partial charge in [0.15, 0.2) is 0 Å². The topological polar surface area (TPSA) is 70.7 Å². The van der Waals surface area contributed by atoms with Crippen molar-refractivity contribution in [3.63, 3.8) is 0 Å². The Morgan fingerprint density at radius 2 is 1.90 bits per heavy atom. The van der Waals surface area contributed by atoms with Gasteiger partial charge in [0.1, 0.15) is 0 Å². The van der Waals surface area contributed by atoms with Crippen molar-refractivity contribution in [3.05, 3.63) is 64.6 Å². The van der Waals surface area contributed by atoms with Gasteiger partial charge in [0, 0.05) is 36.6 Å². The van der Waals surface area contributed by atoms with Crippen LogP contribution in [0.5, 0.6) is 0 Å². The third-order valence-corrected chi connectivity index (χ3v) is 5.97. The highest BCUT2D eigenvalue weighted by atomic mass is 32.2. The van der Waals surface area contributed by atoms with E-state index in [9.17, 15) is 9.59 Å². The first-order valence-electron chi connectivity index (χ1n) is 9.67. The van der Waals surface area contributed by atoms with Gasteiger partial charge in [0.05, 0.1) is 23.8 Å². The molecule has 7 heteroatoms. The second-order valence-corrected chi connectivity index (χ2v) is 7.98. The van der Waals surface area contributed by atoms with Crippen molar-refractivity contribution in [1.82, 2.24) is 10.2 Å². The number of carbonyl (C=O) groups excluding carboxylic acids is 2. The molecule has 2 aliphatic heterocycles. The highest BCUT2D eigenvalue weighted by Crippen LogP contribution is 2.38. The molecule has 2 aromatic carbocycles. The summed E-state index contributed by atoms with van der Waals surface area (Å²) in [5.74, 6) is -0.199. The maximum Gasteiger partial charge on any atom is 0.262 e. The molecule has 150 valence electrons. The zero-order chi connectivity index (χ0) is 20.1. The van der Waals surface area contributed by atoms with Crippen molar-refractivity contribution in [1.29, 1.82) is 0 Å². The monoisotopic (exact) mass is 409 g/mol. The second-order valence-electron chi connectivity index (χ2n) is 6.89. The molecule has 1 saturated heterocycles.